The number of hydrogen-bond acceptors (Lipinski definition) is 4. The number of imidazole rings is 1. The van der Waals surface area contributed by atoms with Gasteiger partial charge >= 0.3 is 0 Å². The average Bonchev–Trinajstić information content (AvgIpc) is 3.05. The minimum absolute atomic E-state index is 0.169. The fourth-order valence-electron chi connectivity index (χ4n) is 2.18. The zero-order valence-electron chi connectivity index (χ0n) is 12.1. The predicted molar refractivity (Wildman–Crippen MR) is 77.7 cm³/mol. The topological polar surface area (TPSA) is 88.5 Å². The lowest BCUT2D eigenvalue weighted by molar-refractivity contribution is 0.0938. The van der Waals surface area contributed by atoms with Crippen LogP contribution in [0.2, 0.25) is 0 Å². The highest BCUT2D eigenvalue weighted by Gasteiger charge is 2.15. The summed E-state index contributed by atoms with van der Waals surface area (Å²) >= 11 is 0. The smallest absolute Gasteiger partial charge is 0.251 e. The third-order valence-corrected chi connectivity index (χ3v) is 3.34. The van der Waals surface area contributed by atoms with Gasteiger partial charge in [-0.2, -0.15) is 5.10 Å². The van der Waals surface area contributed by atoms with Crippen molar-refractivity contribution in [2.24, 2.45) is 7.05 Å². The molecule has 21 heavy (non-hydrogen) atoms. The standard InChI is InChI=1S/C14H16N6O/c1-8(13-17-9(2)18-19-13)16-14(21)10-4-5-12-11(6-10)15-7-20(12)3/h4-8H,1-3H3,(H,16,21)(H,17,18,19). The molecule has 0 saturated carbocycles. The van der Waals surface area contributed by atoms with Gasteiger partial charge in [-0.25, -0.2) is 9.97 Å². The Labute approximate surface area is 121 Å². The number of nitrogens with one attached hydrogen (secondary N) is 2. The molecule has 2 aromatic heterocycles. The number of carbonyl (C=O) groups excluding carboxylic acids is 1. The van der Waals surface area contributed by atoms with E-state index < -0.39 is 0 Å². The lowest BCUT2D eigenvalue weighted by atomic mass is 10.1. The predicted octanol–water partition coefficient (Wildman–Crippen LogP) is 1.49. The number of H-pyrrole nitrogens is 1. The van der Waals surface area contributed by atoms with Crippen molar-refractivity contribution >= 4 is 16.9 Å². The van der Waals surface area contributed by atoms with Crippen LogP contribution in [0.1, 0.15) is 35.0 Å². The Hall–Kier alpha value is -2.70. The van der Waals surface area contributed by atoms with Gasteiger partial charge in [-0.3, -0.25) is 9.89 Å². The number of aryl methyl sites for hydroxylation is 2. The maximum atomic E-state index is 12.3. The van der Waals surface area contributed by atoms with Gasteiger partial charge < -0.3 is 9.88 Å². The fourth-order valence-corrected chi connectivity index (χ4v) is 2.18. The van der Waals surface area contributed by atoms with Crippen molar-refractivity contribution in [1.82, 2.24) is 30.0 Å². The normalized spacial score (nSPS) is 12.5. The lowest BCUT2D eigenvalue weighted by Crippen LogP contribution is -2.27. The van der Waals surface area contributed by atoms with E-state index >= 15 is 0 Å². The van der Waals surface area contributed by atoms with E-state index in [1.165, 1.54) is 0 Å². The van der Waals surface area contributed by atoms with Gasteiger partial charge in [0.05, 0.1) is 23.4 Å². The molecule has 0 bridgehead atoms. The summed E-state index contributed by atoms with van der Waals surface area (Å²) in [5.41, 5.74) is 2.36. The van der Waals surface area contributed by atoms with E-state index in [2.05, 4.69) is 25.5 Å². The second kappa shape index (κ2) is 5.01. The third kappa shape index (κ3) is 2.49. The molecule has 1 amide bonds. The Morgan fingerprint density at radius 1 is 1.43 bits per heavy atom. The Balaban J connectivity index is 1.80. The highest BCUT2D eigenvalue weighted by Crippen LogP contribution is 2.15. The highest BCUT2D eigenvalue weighted by molar-refractivity contribution is 5.97. The van der Waals surface area contributed by atoms with Crippen molar-refractivity contribution in [1.29, 1.82) is 0 Å². The monoisotopic (exact) mass is 284 g/mol. The van der Waals surface area contributed by atoms with Gasteiger partial charge in [-0.1, -0.05) is 0 Å². The number of aromatic nitrogens is 5. The van der Waals surface area contributed by atoms with Crippen LogP contribution in [-0.2, 0) is 7.05 Å². The van der Waals surface area contributed by atoms with Crippen LogP contribution in [0.25, 0.3) is 11.0 Å². The van der Waals surface area contributed by atoms with Crippen LogP contribution in [0.15, 0.2) is 24.5 Å². The maximum absolute atomic E-state index is 12.3. The van der Waals surface area contributed by atoms with Crippen LogP contribution in [0, 0.1) is 6.92 Å². The molecular weight excluding hydrogens is 268 g/mol. The quantitative estimate of drug-likeness (QED) is 0.762. The number of carbonyl (C=O) groups is 1. The summed E-state index contributed by atoms with van der Waals surface area (Å²) in [7, 11) is 1.92. The number of hydrogen-bond donors (Lipinski definition) is 2. The summed E-state index contributed by atoms with van der Waals surface area (Å²) in [6.45, 7) is 3.67. The molecule has 0 fully saturated rings. The summed E-state index contributed by atoms with van der Waals surface area (Å²) in [4.78, 5) is 20.7. The van der Waals surface area contributed by atoms with E-state index in [1.807, 2.05) is 31.5 Å². The largest absolute Gasteiger partial charge is 0.342 e. The molecule has 2 heterocycles. The number of benzene rings is 1. The number of amides is 1. The first-order valence-corrected chi connectivity index (χ1v) is 6.65. The van der Waals surface area contributed by atoms with E-state index in [4.69, 9.17) is 0 Å². The van der Waals surface area contributed by atoms with E-state index in [9.17, 15) is 4.79 Å². The van der Waals surface area contributed by atoms with Gasteiger partial charge in [0, 0.05) is 12.6 Å². The Morgan fingerprint density at radius 3 is 2.95 bits per heavy atom. The summed E-state index contributed by atoms with van der Waals surface area (Å²) in [5, 5.41) is 9.69. The van der Waals surface area contributed by atoms with E-state index in [-0.39, 0.29) is 11.9 Å². The van der Waals surface area contributed by atoms with Crippen molar-refractivity contribution < 1.29 is 4.79 Å². The van der Waals surface area contributed by atoms with Gasteiger partial charge in [0.25, 0.3) is 5.91 Å². The van der Waals surface area contributed by atoms with Gasteiger partial charge in [0.15, 0.2) is 5.82 Å². The zero-order valence-corrected chi connectivity index (χ0v) is 12.1. The van der Waals surface area contributed by atoms with Gasteiger partial charge in [0.2, 0.25) is 0 Å². The van der Waals surface area contributed by atoms with Crippen molar-refractivity contribution in [2.45, 2.75) is 19.9 Å². The van der Waals surface area contributed by atoms with Crippen molar-refractivity contribution in [3.05, 3.63) is 41.7 Å². The van der Waals surface area contributed by atoms with Gasteiger partial charge in [0.1, 0.15) is 5.82 Å². The van der Waals surface area contributed by atoms with Crippen LogP contribution >= 0.6 is 0 Å². The zero-order chi connectivity index (χ0) is 15.0. The average molecular weight is 284 g/mol. The van der Waals surface area contributed by atoms with Gasteiger partial charge in [-0.15, -0.1) is 0 Å². The number of aromatic amines is 1. The van der Waals surface area contributed by atoms with Crippen LogP contribution in [-0.4, -0.2) is 30.6 Å². The molecule has 1 unspecified atom stereocenters. The molecule has 0 aliphatic carbocycles. The number of rotatable bonds is 3. The van der Waals surface area contributed by atoms with Gasteiger partial charge in [-0.05, 0) is 32.0 Å². The van der Waals surface area contributed by atoms with E-state index in [1.54, 1.807) is 18.5 Å². The van der Waals surface area contributed by atoms with E-state index in [0.717, 1.165) is 16.9 Å². The SMILES string of the molecule is Cc1nc(C(C)NC(=O)c2ccc3c(c2)ncn3C)n[nH]1. The molecule has 7 heteroatoms. The minimum atomic E-state index is -0.262. The highest BCUT2D eigenvalue weighted by atomic mass is 16.1. The fraction of sp³-hybridized carbons (Fsp3) is 0.286. The summed E-state index contributed by atoms with van der Waals surface area (Å²) < 4.78 is 1.91. The second-order valence-electron chi connectivity index (χ2n) is 5.03. The molecule has 7 nitrogen and oxygen atoms in total. The van der Waals surface area contributed by atoms with Crippen molar-refractivity contribution in [3.63, 3.8) is 0 Å². The molecule has 0 aliphatic heterocycles. The maximum Gasteiger partial charge on any atom is 0.251 e. The number of nitrogens with zero attached hydrogens (tertiary/aromatic N) is 4. The van der Waals surface area contributed by atoms with Crippen LogP contribution in [0.4, 0.5) is 0 Å². The molecule has 2 N–H and O–H groups in total. The number of fused-ring (bicyclic) bond motifs is 1. The van der Waals surface area contributed by atoms with E-state index in [0.29, 0.717) is 11.4 Å². The second-order valence-corrected chi connectivity index (χ2v) is 5.03. The Morgan fingerprint density at radius 2 is 2.24 bits per heavy atom. The molecule has 108 valence electrons. The molecule has 0 spiro atoms. The minimum Gasteiger partial charge on any atom is -0.342 e. The molecule has 0 radical (unpaired) electrons. The molecule has 0 aliphatic rings. The third-order valence-electron chi connectivity index (χ3n) is 3.34. The summed E-state index contributed by atoms with van der Waals surface area (Å²) in [6, 6.07) is 5.19. The first-order valence-electron chi connectivity index (χ1n) is 6.65. The first-order chi connectivity index (χ1) is 10.0. The summed E-state index contributed by atoms with van der Waals surface area (Å²) in [6.07, 6.45) is 1.73. The van der Waals surface area contributed by atoms with Crippen LogP contribution in [0.5, 0.6) is 0 Å². The Kier molecular flexibility index (Phi) is 3.17. The molecule has 1 atom stereocenters. The first kappa shape index (κ1) is 13.3. The van der Waals surface area contributed by atoms with Crippen LogP contribution < -0.4 is 5.32 Å². The van der Waals surface area contributed by atoms with Crippen molar-refractivity contribution in [3.8, 4) is 0 Å². The molecule has 3 aromatic rings. The van der Waals surface area contributed by atoms with Crippen molar-refractivity contribution in [2.75, 3.05) is 0 Å². The molecule has 3 rings (SSSR count). The Bertz CT molecular complexity index is 803. The lowest BCUT2D eigenvalue weighted by Gasteiger charge is -2.10. The van der Waals surface area contributed by atoms with Crippen LogP contribution in [0.3, 0.4) is 0 Å². The molecular formula is C14H16N6O. The summed E-state index contributed by atoms with van der Waals surface area (Å²) in [5.74, 6) is 1.12. The molecule has 1 aromatic carbocycles. The molecule has 0 saturated heterocycles.